The van der Waals surface area contributed by atoms with Gasteiger partial charge in [-0.2, -0.15) is 25.3 Å². The van der Waals surface area contributed by atoms with Crippen LogP contribution in [-0.4, -0.2) is 30.4 Å². The van der Waals surface area contributed by atoms with Crippen LogP contribution >= 0.6 is 25.3 Å². The summed E-state index contributed by atoms with van der Waals surface area (Å²) in [5.74, 6) is 2.11. The van der Waals surface area contributed by atoms with E-state index in [1.165, 1.54) is 103 Å². The van der Waals surface area contributed by atoms with Crippen molar-refractivity contribution in [1.29, 1.82) is 0 Å². The zero-order valence-corrected chi connectivity index (χ0v) is 25.4. The molecule has 0 aliphatic rings. The number of unbranched alkanes of at least 4 members (excludes halogenated alkanes) is 14. The monoisotopic (exact) mass is 556 g/mol. The standard InChI is InChI=1S/C33H52N2OS2/c36-33(29-19-17-21-31(27-29)34-23-13-9-5-1-3-7-11-15-25-37)30-20-18-22-32(28-30)35-24-14-10-6-2-4-8-12-16-26-38/h17-22,27-28,34-35,37-38H,1-16,23-26H2. The van der Waals surface area contributed by atoms with Gasteiger partial charge in [-0.1, -0.05) is 101 Å². The van der Waals surface area contributed by atoms with E-state index >= 15 is 0 Å². The molecule has 0 saturated carbocycles. The van der Waals surface area contributed by atoms with Crippen LogP contribution in [-0.2, 0) is 0 Å². The first-order valence-corrected chi connectivity index (χ1v) is 16.5. The van der Waals surface area contributed by atoms with Gasteiger partial charge in [-0.25, -0.2) is 0 Å². The average molecular weight is 557 g/mol. The number of anilines is 2. The Morgan fingerprint density at radius 1 is 0.500 bits per heavy atom. The summed E-state index contributed by atoms with van der Waals surface area (Å²) in [6.07, 6.45) is 20.6. The number of nitrogens with one attached hydrogen (secondary N) is 2. The highest BCUT2D eigenvalue weighted by molar-refractivity contribution is 7.80. The Balaban J connectivity index is 1.65. The van der Waals surface area contributed by atoms with E-state index in [4.69, 9.17) is 0 Å². The zero-order valence-electron chi connectivity index (χ0n) is 23.6. The number of hydrogen-bond acceptors (Lipinski definition) is 5. The molecule has 5 heteroatoms. The molecule has 2 rings (SSSR count). The molecule has 0 radical (unpaired) electrons. The molecule has 3 nitrogen and oxygen atoms in total. The fourth-order valence-electron chi connectivity index (χ4n) is 4.77. The van der Waals surface area contributed by atoms with Crippen LogP contribution in [0.25, 0.3) is 0 Å². The highest BCUT2D eigenvalue weighted by Gasteiger charge is 2.10. The lowest BCUT2D eigenvalue weighted by Gasteiger charge is -2.10. The molecule has 0 bridgehead atoms. The summed E-state index contributed by atoms with van der Waals surface area (Å²) in [6, 6.07) is 15.9. The molecule has 0 amide bonds. The van der Waals surface area contributed by atoms with Crippen molar-refractivity contribution in [3.63, 3.8) is 0 Å². The first-order chi connectivity index (χ1) is 18.7. The summed E-state index contributed by atoms with van der Waals surface area (Å²) < 4.78 is 0. The van der Waals surface area contributed by atoms with E-state index in [0.717, 1.165) is 47.1 Å². The maximum atomic E-state index is 13.2. The lowest BCUT2D eigenvalue weighted by molar-refractivity contribution is 0.103. The van der Waals surface area contributed by atoms with Crippen molar-refractivity contribution in [3.8, 4) is 0 Å². The molecule has 2 N–H and O–H groups in total. The third-order valence-corrected chi connectivity index (χ3v) is 7.71. The van der Waals surface area contributed by atoms with Crippen LogP contribution in [0.15, 0.2) is 48.5 Å². The minimum atomic E-state index is 0.0770. The van der Waals surface area contributed by atoms with Crippen LogP contribution in [0.5, 0.6) is 0 Å². The summed E-state index contributed by atoms with van der Waals surface area (Å²) in [6.45, 7) is 1.90. The van der Waals surface area contributed by atoms with Crippen molar-refractivity contribution in [2.75, 3.05) is 35.2 Å². The topological polar surface area (TPSA) is 41.1 Å². The van der Waals surface area contributed by atoms with Crippen LogP contribution in [0.2, 0.25) is 0 Å². The Morgan fingerprint density at radius 3 is 1.21 bits per heavy atom. The minimum absolute atomic E-state index is 0.0770. The molecule has 38 heavy (non-hydrogen) atoms. The summed E-state index contributed by atoms with van der Waals surface area (Å²) in [7, 11) is 0. The predicted molar refractivity (Wildman–Crippen MR) is 175 cm³/mol. The van der Waals surface area contributed by atoms with Crippen molar-refractivity contribution >= 4 is 42.4 Å². The molecule has 0 spiro atoms. The van der Waals surface area contributed by atoms with Gasteiger partial charge in [0, 0.05) is 35.6 Å². The number of benzene rings is 2. The lowest BCUT2D eigenvalue weighted by atomic mass is 10.0. The molecule has 0 aliphatic heterocycles. The molecule has 0 fully saturated rings. The molecule has 2 aromatic carbocycles. The van der Waals surface area contributed by atoms with Crippen molar-refractivity contribution in [2.24, 2.45) is 0 Å². The van der Waals surface area contributed by atoms with Gasteiger partial charge >= 0.3 is 0 Å². The van der Waals surface area contributed by atoms with E-state index < -0.39 is 0 Å². The number of ketones is 1. The van der Waals surface area contributed by atoms with Crippen molar-refractivity contribution in [3.05, 3.63) is 59.7 Å². The van der Waals surface area contributed by atoms with Gasteiger partial charge in [0.05, 0.1) is 0 Å². The summed E-state index contributed by atoms with van der Waals surface area (Å²) in [5.41, 5.74) is 3.53. The van der Waals surface area contributed by atoms with Crippen LogP contribution in [0, 0.1) is 0 Å². The Hall–Kier alpha value is -1.59. The van der Waals surface area contributed by atoms with Crippen LogP contribution in [0.3, 0.4) is 0 Å². The summed E-state index contributed by atoms with van der Waals surface area (Å²) >= 11 is 8.55. The molecule has 0 unspecified atom stereocenters. The summed E-state index contributed by atoms with van der Waals surface area (Å²) in [5, 5.41) is 7.01. The van der Waals surface area contributed by atoms with Crippen molar-refractivity contribution < 1.29 is 4.79 Å². The molecular weight excluding hydrogens is 505 g/mol. The van der Waals surface area contributed by atoms with Crippen LogP contribution < -0.4 is 10.6 Å². The predicted octanol–water partition coefficient (Wildman–Crippen LogP) is 9.84. The van der Waals surface area contributed by atoms with E-state index in [-0.39, 0.29) is 5.78 Å². The van der Waals surface area contributed by atoms with Gasteiger partial charge in [-0.05, 0) is 61.5 Å². The molecule has 0 aliphatic carbocycles. The molecule has 0 saturated heterocycles. The highest BCUT2D eigenvalue weighted by atomic mass is 32.1. The lowest BCUT2D eigenvalue weighted by Crippen LogP contribution is -2.06. The zero-order chi connectivity index (χ0) is 27.1. The van der Waals surface area contributed by atoms with Crippen molar-refractivity contribution in [2.45, 2.75) is 103 Å². The Kier molecular flexibility index (Phi) is 19.1. The van der Waals surface area contributed by atoms with E-state index in [1.807, 2.05) is 36.4 Å². The van der Waals surface area contributed by atoms with E-state index in [9.17, 15) is 4.79 Å². The van der Waals surface area contributed by atoms with Crippen molar-refractivity contribution in [1.82, 2.24) is 0 Å². The number of carbonyl (C=O) groups is 1. The first-order valence-electron chi connectivity index (χ1n) is 15.2. The number of hydrogen-bond donors (Lipinski definition) is 4. The number of thiol groups is 2. The van der Waals surface area contributed by atoms with Gasteiger partial charge in [0.15, 0.2) is 5.78 Å². The van der Waals surface area contributed by atoms with E-state index in [2.05, 4.69) is 48.0 Å². The number of carbonyl (C=O) groups excluding carboxylic acids is 1. The van der Waals surface area contributed by atoms with Crippen LogP contribution in [0.4, 0.5) is 11.4 Å². The van der Waals surface area contributed by atoms with Gasteiger partial charge in [-0.15, -0.1) is 0 Å². The molecular formula is C33H52N2OS2. The van der Waals surface area contributed by atoms with Crippen LogP contribution in [0.1, 0.15) is 119 Å². The largest absolute Gasteiger partial charge is 0.385 e. The third kappa shape index (κ3) is 15.1. The maximum absolute atomic E-state index is 13.2. The normalized spacial score (nSPS) is 11.0. The Bertz CT molecular complexity index is 804. The van der Waals surface area contributed by atoms with Gasteiger partial charge < -0.3 is 10.6 Å². The van der Waals surface area contributed by atoms with Gasteiger partial charge in [0.25, 0.3) is 0 Å². The fourth-order valence-corrected chi connectivity index (χ4v) is 5.22. The molecule has 2 aromatic rings. The number of rotatable bonds is 24. The SMILES string of the molecule is O=C(c1cccc(NCCCCCCCCCCS)c1)c1cccc(NCCCCCCCCCCS)c1. The molecule has 0 heterocycles. The summed E-state index contributed by atoms with van der Waals surface area (Å²) in [4.78, 5) is 13.2. The smallest absolute Gasteiger partial charge is 0.193 e. The molecule has 0 aromatic heterocycles. The van der Waals surface area contributed by atoms with E-state index in [0.29, 0.717) is 0 Å². The Labute approximate surface area is 244 Å². The quantitative estimate of drug-likeness (QED) is 0.0591. The van der Waals surface area contributed by atoms with E-state index in [1.54, 1.807) is 0 Å². The third-order valence-electron chi connectivity index (χ3n) is 7.08. The maximum Gasteiger partial charge on any atom is 0.193 e. The minimum Gasteiger partial charge on any atom is -0.385 e. The van der Waals surface area contributed by atoms with Gasteiger partial charge in [-0.3, -0.25) is 4.79 Å². The highest BCUT2D eigenvalue weighted by Crippen LogP contribution is 2.19. The second-order valence-electron chi connectivity index (χ2n) is 10.4. The second-order valence-corrected chi connectivity index (χ2v) is 11.3. The fraction of sp³-hybridized carbons (Fsp3) is 0.606. The van der Waals surface area contributed by atoms with Gasteiger partial charge in [0.2, 0.25) is 0 Å². The van der Waals surface area contributed by atoms with Gasteiger partial charge in [0.1, 0.15) is 0 Å². The molecule has 212 valence electrons. The second kappa shape index (κ2) is 22.2. The average Bonchev–Trinajstić information content (AvgIpc) is 2.95. The first kappa shape index (κ1) is 32.6. The molecule has 0 atom stereocenters. The Morgan fingerprint density at radius 2 is 0.842 bits per heavy atom.